The lowest BCUT2D eigenvalue weighted by molar-refractivity contribution is 1.22. The predicted molar refractivity (Wildman–Crippen MR) is 76.7 cm³/mol. The minimum absolute atomic E-state index is 0.998. The lowest BCUT2D eigenvalue weighted by Crippen LogP contribution is -1.77. The maximum Gasteiger partial charge on any atom is 0.116 e. The summed E-state index contributed by atoms with van der Waals surface area (Å²) < 4.78 is 0. The Bertz CT molecular complexity index is 550. The van der Waals surface area contributed by atoms with Crippen LogP contribution in [0.3, 0.4) is 0 Å². The van der Waals surface area contributed by atoms with Gasteiger partial charge in [0, 0.05) is 36.4 Å². The summed E-state index contributed by atoms with van der Waals surface area (Å²) in [5.74, 6) is 0. The minimum Gasteiger partial charge on any atom is -0.351 e. The molecule has 4 rings (SSSR count). The van der Waals surface area contributed by atoms with Crippen molar-refractivity contribution in [1.82, 2.24) is 29.9 Å². The molecule has 100 valence electrons. The Morgan fingerprint density at radius 2 is 1.50 bits per heavy atom. The average Bonchev–Trinajstić information content (AvgIpc) is 3.25. The molecule has 3 aromatic heterocycles. The molecule has 1 aromatic carbocycles. The average molecular weight is 266 g/mol. The molecule has 0 bridgehead atoms. The second kappa shape index (κ2) is 8.15. The van der Waals surface area contributed by atoms with E-state index in [2.05, 4.69) is 29.9 Å². The van der Waals surface area contributed by atoms with Gasteiger partial charge in [0.2, 0.25) is 0 Å². The normalized spacial score (nSPS) is 9.00. The number of rotatable bonds is 0. The van der Waals surface area contributed by atoms with Gasteiger partial charge in [0.15, 0.2) is 0 Å². The molecule has 0 fully saturated rings. The first kappa shape index (κ1) is 13.4. The molecule has 6 heteroatoms. The van der Waals surface area contributed by atoms with Crippen molar-refractivity contribution in [3.05, 3.63) is 74.2 Å². The number of aromatic amines is 2. The van der Waals surface area contributed by atoms with Gasteiger partial charge in [-0.25, -0.2) is 19.9 Å². The number of aromatic nitrogens is 6. The van der Waals surface area contributed by atoms with Crippen LogP contribution in [0.1, 0.15) is 0 Å². The Morgan fingerprint density at radius 1 is 0.800 bits per heavy atom. The van der Waals surface area contributed by atoms with Crippen molar-refractivity contribution in [2.75, 3.05) is 0 Å². The summed E-state index contributed by atoms with van der Waals surface area (Å²) in [6, 6.07) is 7.91. The van der Waals surface area contributed by atoms with E-state index in [-0.39, 0.29) is 0 Å². The first-order valence-corrected chi connectivity index (χ1v) is 5.97. The lowest BCUT2D eigenvalue weighted by atomic mass is 10.2. The fraction of sp³-hybridized carbons (Fsp3) is 0. The van der Waals surface area contributed by atoms with Gasteiger partial charge in [-0.05, 0) is 6.07 Å². The molecule has 3 heterocycles. The monoisotopic (exact) mass is 266 g/mol. The van der Waals surface area contributed by atoms with Gasteiger partial charge < -0.3 is 9.97 Å². The predicted octanol–water partition coefficient (Wildman–Crippen LogP) is 2.45. The molecule has 2 N–H and O–H groups in total. The first-order valence-electron chi connectivity index (χ1n) is 5.97. The quantitative estimate of drug-likeness (QED) is 0.512. The zero-order chi connectivity index (χ0) is 13.9. The van der Waals surface area contributed by atoms with Crippen LogP contribution in [0.2, 0.25) is 0 Å². The van der Waals surface area contributed by atoms with Crippen molar-refractivity contribution in [3.63, 3.8) is 0 Å². The molecule has 20 heavy (non-hydrogen) atoms. The van der Waals surface area contributed by atoms with Crippen LogP contribution in [0.5, 0.6) is 0 Å². The van der Waals surface area contributed by atoms with Crippen molar-refractivity contribution in [3.8, 4) is 0 Å². The van der Waals surface area contributed by atoms with E-state index in [0.717, 1.165) is 10.9 Å². The van der Waals surface area contributed by atoms with Gasteiger partial charge in [0.25, 0.3) is 0 Å². The van der Waals surface area contributed by atoms with E-state index in [0.29, 0.717) is 0 Å². The number of nitrogens with zero attached hydrogens (tertiary/aromatic N) is 4. The maximum atomic E-state index is 4.07. The van der Waals surface area contributed by atoms with Gasteiger partial charge in [-0.15, -0.1) is 0 Å². The largest absolute Gasteiger partial charge is 0.351 e. The van der Waals surface area contributed by atoms with Crippen LogP contribution in [-0.4, -0.2) is 29.9 Å². The number of H-pyrrole nitrogens is 2. The van der Waals surface area contributed by atoms with Crippen LogP contribution in [-0.2, 0) is 0 Å². The molecule has 0 amide bonds. The van der Waals surface area contributed by atoms with E-state index in [9.17, 15) is 0 Å². The molecule has 6 nitrogen and oxygen atoms in total. The molecule has 0 aliphatic carbocycles. The Kier molecular flexibility index (Phi) is 5.46. The number of imidazole rings is 2. The lowest BCUT2D eigenvalue weighted by Gasteiger charge is -1.90. The number of hydrogen-bond donors (Lipinski definition) is 2. The van der Waals surface area contributed by atoms with Crippen molar-refractivity contribution >= 4 is 10.9 Å². The summed E-state index contributed by atoms with van der Waals surface area (Å²) in [5, 5.41) is 1.09. The van der Waals surface area contributed by atoms with Crippen LogP contribution in [0, 0.1) is 0 Å². The molecule has 0 radical (unpaired) electrons. The molecule has 0 saturated heterocycles. The number of hydrogen-bond acceptors (Lipinski definition) is 4. The Hall–Kier alpha value is -3.02. The van der Waals surface area contributed by atoms with E-state index in [1.54, 1.807) is 43.8 Å². The van der Waals surface area contributed by atoms with Crippen LogP contribution in [0.25, 0.3) is 10.9 Å². The number of nitrogens with one attached hydrogen (secondary N) is 2. The van der Waals surface area contributed by atoms with Gasteiger partial charge in [-0.3, -0.25) is 0 Å². The van der Waals surface area contributed by atoms with Crippen molar-refractivity contribution in [2.24, 2.45) is 0 Å². The summed E-state index contributed by atoms with van der Waals surface area (Å²) in [5.41, 5.74) is 0.998. The fourth-order valence-corrected chi connectivity index (χ4v) is 1.35. The van der Waals surface area contributed by atoms with Gasteiger partial charge >= 0.3 is 0 Å². The third-order valence-electron chi connectivity index (χ3n) is 2.23. The highest BCUT2D eigenvalue weighted by Crippen LogP contribution is 2.06. The van der Waals surface area contributed by atoms with E-state index in [1.165, 1.54) is 0 Å². The fourth-order valence-electron chi connectivity index (χ4n) is 1.35. The van der Waals surface area contributed by atoms with Crippen LogP contribution < -0.4 is 0 Å². The summed E-state index contributed by atoms with van der Waals surface area (Å²) in [4.78, 5) is 20.8. The Morgan fingerprint density at radius 3 is 2.00 bits per heavy atom. The summed E-state index contributed by atoms with van der Waals surface area (Å²) in [6.45, 7) is 0. The van der Waals surface area contributed by atoms with Crippen molar-refractivity contribution in [1.29, 1.82) is 0 Å². The van der Waals surface area contributed by atoms with Gasteiger partial charge in [0.1, 0.15) is 6.33 Å². The molecule has 0 aliphatic heterocycles. The zero-order valence-electron chi connectivity index (χ0n) is 10.7. The van der Waals surface area contributed by atoms with Crippen molar-refractivity contribution < 1.29 is 0 Å². The molecule has 4 aromatic rings. The number of para-hydroxylation sites is 1. The molecular weight excluding hydrogens is 252 g/mol. The second-order valence-corrected chi connectivity index (χ2v) is 3.60. The molecule has 0 aliphatic rings. The van der Waals surface area contributed by atoms with Gasteiger partial charge in [-0.2, -0.15) is 0 Å². The van der Waals surface area contributed by atoms with E-state index in [1.807, 2.05) is 30.5 Å². The minimum atomic E-state index is 0.998. The highest BCUT2D eigenvalue weighted by atomic mass is 14.8. The van der Waals surface area contributed by atoms with Crippen LogP contribution >= 0.6 is 0 Å². The van der Waals surface area contributed by atoms with Crippen molar-refractivity contribution in [2.45, 2.75) is 0 Å². The Balaban J connectivity index is 0.000000124. The number of benzene rings is 1. The highest BCUT2D eigenvalue weighted by molar-refractivity contribution is 5.76. The highest BCUT2D eigenvalue weighted by Gasteiger charge is 1.87. The standard InChI is InChI=1S/C8H6N2.2C3H4N2/c1-2-4-8-7(3-1)5-9-6-10-8;2*1-2-5-3-4-1/h1-6H;2*1-3H,(H,4,5). The zero-order valence-corrected chi connectivity index (χ0v) is 10.7. The van der Waals surface area contributed by atoms with Crippen LogP contribution in [0.15, 0.2) is 74.2 Å². The molecule has 0 atom stereocenters. The second-order valence-electron chi connectivity index (χ2n) is 3.60. The SMILES string of the molecule is c1c[nH]cn1.c1c[nH]cn1.c1ccc2ncncc2c1. The number of fused-ring (bicyclic) bond motifs is 1. The van der Waals surface area contributed by atoms with Crippen LogP contribution in [0.4, 0.5) is 0 Å². The maximum absolute atomic E-state index is 4.07. The third-order valence-corrected chi connectivity index (χ3v) is 2.23. The van der Waals surface area contributed by atoms with Gasteiger partial charge in [-0.1, -0.05) is 18.2 Å². The van der Waals surface area contributed by atoms with E-state index < -0.39 is 0 Å². The summed E-state index contributed by atoms with van der Waals surface area (Å²) >= 11 is 0. The topological polar surface area (TPSA) is 83.1 Å². The molecule has 0 spiro atoms. The molecule has 0 unspecified atom stereocenters. The summed E-state index contributed by atoms with van der Waals surface area (Å²) in [6.07, 6.45) is 13.5. The third kappa shape index (κ3) is 4.69. The van der Waals surface area contributed by atoms with Gasteiger partial charge in [0.05, 0.1) is 18.2 Å². The van der Waals surface area contributed by atoms with E-state index in [4.69, 9.17) is 0 Å². The first-order chi connectivity index (χ1) is 9.97. The molecular formula is C14H14N6. The summed E-state index contributed by atoms with van der Waals surface area (Å²) in [7, 11) is 0. The molecule has 0 saturated carbocycles. The Labute approximate surface area is 116 Å². The smallest absolute Gasteiger partial charge is 0.116 e. The van der Waals surface area contributed by atoms with E-state index >= 15 is 0 Å².